The normalized spacial score (nSPS) is 17.1. The summed E-state index contributed by atoms with van der Waals surface area (Å²) >= 11 is 0. The van der Waals surface area contributed by atoms with E-state index in [1.165, 1.54) is 7.11 Å². The molecule has 1 fully saturated rings. The predicted molar refractivity (Wildman–Crippen MR) is 107 cm³/mol. The quantitative estimate of drug-likeness (QED) is 0.755. The molecule has 8 heteroatoms. The van der Waals surface area contributed by atoms with Gasteiger partial charge in [0.15, 0.2) is 6.61 Å². The highest BCUT2D eigenvalue weighted by molar-refractivity contribution is 6.05. The van der Waals surface area contributed by atoms with Crippen molar-refractivity contribution in [3.8, 4) is 5.75 Å². The highest BCUT2D eigenvalue weighted by Crippen LogP contribution is 2.37. The van der Waals surface area contributed by atoms with Crippen LogP contribution in [-0.4, -0.2) is 44.1 Å². The number of nitrogens with one attached hydrogen (secondary N) is 2. The van der Waals surface area contributed by atoms with Gasteiger partial charge in [-0.2, -0.15) is 0 Å². The number of rotatable bonds is 5. The maximum atomic E-state index is 12.4. The summed E-state index contributed by atoms with van der Waals surface area (Å²) in [6.45, 7) is 0.381. The lowest BCUT2D eigenvalue weighted by atomic mass is 10.1. The molecule has 4 rings (SSSR count). The number of ether oxygens (including phenoxy) is 2. The van der Waals surface area contributed by atoms with Crippen LogP contribution in [0.5, 0.6) is 5.75 Å². The zero-order valence-corrected chi connectivity index (χ0v) is 15.9. The molecule has 0 aromatic heterocycles. The molecule has 150 valence electrons. The Labute approximate surface area is 167 Å². The molecule has 2 heterocycles. The van der Waals surface area contributed by atoms with Crippen LogP contribution in [0.25, 0.3) is 0 Å². The molecule has 0 radical (unpaired) electrons. The average Bonchev–Trinajstić information content (AvgIpc) is 3.23. The molecule has 1 atom stereocenters. The summed E-state index contributed by atoms with van der Waals surface area (Å²) in [5.74, 6) is -0.663. The number of carbonyl (C=O) groups excluding carboxylic acids is 3. The Morgan fingerprint density at radius 3 is 2.90 bits per heavy atom. The van der Waals surface area contributed by atoms with E-state index in [1.54, 1.807) is 42.5 Å². The number of methoxy groups -OCH3 is 1. The number of fused-ring (bicyclic) bond motifs is 3. The number of hydrogen-bond acceptors (Lipinski definition) is 6. The first-order valence-electron chi connectivity index (χ1n) is 9.38. The van der Waals surface area contributed by atoms with Gasteiger partial charge in [0.25, 0.3) is 5.91 Å². The number of esters is 1. The number of amides is 2. The molecular formula is C21H21N3O5. The molecule has 0 bridgehead atoms. The summed E-state index contributed by atoms with van der Waals surface area (Å²) in [6, 6.07) is 11.8. The largest absolute Gasteiger partial charge is 0.495 e. The Hall–Kier alpha value is -3.55. The van der Waals surface area contributed by atoms with Crippen molar-refractivity contribution < 1.29 is 23.9 Å². The number of anilines is 3. The second-order valence-corrected chi connectivity index (χ2v) is 6.90. The van der Waals surface area contributed by atoms with Gasteiger partial charge < -0.3 is 25.0 Å². The van der Waals surface area contributed by atoms with Crippen molar-refractivity contribution >= 4 is 34.8 Å². The van der Waals surface area contributed by atoms with Crippen molar-refractivity contribution in [2.45, 2.75) is 18.9 Å². The van der Waals surface area contributed by atoms with E-state index >= 15 is 0 Å². The summed E-state index contributed by atoms with van der Waals surface area (Å²) < 4.78 is 10.3. The van der Waals surface area contributed by atoms with Gasteiger partial charge in [-0.1, -0.05) is 12.1 Å². The van der Waals surface area contributed by atoms with Crippen LogP contribution in [0.3, 0.4) is 0 Å². The maximum absolute atomic E-state index is 12.4. The summed E-state index contributed by atoms with van der Waals surface area (Å²) in [5.41, 5.74) is 2.25. The smallest absolute Gasteiger partial charge is 0.338 e. The number of nitrogens with zero attached hydrogens (tertiary/aromatic N) is 1. The molecule has 2 aliphatic heterocycles. The monoisotopic (exact) mass is 395 g/mol. The molecule has 2 aromatic rings. The highest BCUT2D eigenvalue weighted by atomic mass is 16.5. The summed E-state index contributed by atoms with van der Waals surface area (Å²) in [4.78, 5) is 38.8. The van der Waals surface area contributed by atoms with E-state index in [4.69, 9.17) is 9.47 Å². The zero-order chi connectivity index (χ0) is 20.4. The van der Waals surface area contributed by atoms with Crippen molar-refractivity contribution in [3.05, 3.63) is 48.0 Å². The van der Waals surface area contributed by atoms with Crippen LogP contribution in [-0.2, 0) is 14.3 Å². The fourth-order valence-electron chi connectivity index (χ4n) is 3.71. The Morgan fingerprint density at radius 2 is 2.07 bits per heavy atom. The molecule has 8 nitrogen and oxygen atoms in total. The molecule has 0 aliphatic carbocycles. The first kappa shape index (κ1) is 18.8. The Morgan fingerprint density at radius 1 is 1.24 bits per heavy atom. The topological polar surface area (TPSA) is 97.0 Å². The molecule has 2 aliphatic rings. The van der Waals surface area contributed by atoms with Gasteiger partial charge in [0.1, 0.15) is 11.8 Å². The number of carbonyl (C=O) groups is 3. The van der Waals surface area contributed by atoms with Gasteiger partial charge in [-0.25, -0.2) is 4.79 Å². The zero-order valence-electron chi connectivity index (χ0n) is 15.9. The summed E-state index contributed by atoms with van der Waals surface area (Å²) in [7, 11) is 1.50. The van der Waals surface area contributed by atoms with E-state index in [0.717, 1.165) is 25.1 Å². The van der Waals surface area contributed by atoms with E-state index in [2.05, 4.69) is 15.5 Å². The van der Waals surface area contributed by atoms with Crippen LogP contribution >= 0.6 is 0 Å². The van der Waals surface area contributed by atoms with Crippen molar-refractivity contribution in [3.63, 3.8) is 0 Å². The number of benzene rings is 2. The standard InChI is InChI=1S/C21H21N3O5/c1-28-18-7-3-2-5-14(18)22-19(25)12-29-21(27)13-8-9-16-15(11-13)23-20(26)17-6-4-10-24(16)17/h2-3,5,7-9,11,17H,4,6,10,12H2,1H3,(H,22,25)(H,23,26)/t17-/m1/s1. The number of hydrogen-bond donors (Lipinski definition) is 2. The van der Waals surface area contributed by atoms with Crippen LogP contribution in [0.4, 0.5) is 17.1 Å². The second-order valence-electron chi connectivity index (χ2n) is 6.90. The maximum Gasteiger partial charge on any atom is 0.338 e. The highest BCUT2D eigenvalue weighted by Gasteiger charge is 2.36. The third-order valence-electron chi connectivity index (χ3n) is 5.07. The lowest BCUT2D eigenvalue weighted by molar-refractivity contribution is -0.119. The fraction of sp³-hybridized carbons (Fsp3) is 0.286. The lowest BCUT2D eigenvalue weighted by Crippen LogP contribution is -2.43. The Balaban J connectivity index is 1.40. The molecular weight excluding hydrogens is 374 g/mol. The van der Waals surface area contributed by atoms with E-state index in [9.17, 15) is 14.4 Å². The third kappa shape index (κ3) is 3.73. The van der Waals surface area contributed by atoms with Gasteiger partial charge in [-0.05, 0) is 43.2 Å². The van der Waals surface area contributed by atoms with Crippen LogP contribution in [0.2, 0.25) is 0 Å². The molecule has 2 amide bonds. The average molecular weight is 395 g/mol. The van der Waals surface area contributed by atoms with Crippen LogP contribution < -0.4 is 20.3 Å². The van der Waals surface area contributed by atoms with Crippen LogP contribution in [0.1, 0.15) is 23.2 Å². The minimum Gasteiger partial charge on any atom is -0.495 e. The summed E-state index contributed by atoms with van der Waals surface area (Å²) in [5, 5.41) is 5.50. The Bertz CT molecular complexity index is 975. The molecule has 29 heavy (non-hydrogen) atoms. The van der Waals surface area contributed by atoms with E-state index in [0.29, 0.717) is 17.1 Å². The molecule has 0 spiro atoms. The second kappa shape index (κ2) is 7.83. The van der Waals surface area contributed by atoms with E-state index < -0.39 is 18.5 Å². The minimum atomic E-state index is -0.638. The van der Waals surface area contributed by atoms with Gasteiger partial charge in [-0.3, -0.25) is 9.59 Å². The van der Waals surface area contributed by atoms with Crippen molar-refractivity contribution in [1.82, 2.24) is 0 Å². The minimum absolute atomic E-state index is 0.0586. The molecule has 2 aromatic carbocycles. The number of para-hydroxylation sites is 2. The molecule has 1 saturated heterocycles. The van der Waals surface area contributed by atoms with Gasteiger partial charge in [0.05, 0.1) is 29.7 Å². The first-order valence-corrected chi connectivity index (χ1v) is 9.38. The lowest BCUT2D eigenvalue weighted by Gasteiger charge is -2.33. The van der Waals surface area contributed by atoms with Crippen molar-refractivity contribution in [1.29, 1.82) is 0 Å². The molecule has 2 N–H and O–H groups in total. The fourth-order valence-corrected chi connectivity index (χ4v) is 3.71. The molecule has 0 unspecified atom stereocenters. The van der Waals surface area contributed by atoms with Crippen LogP contribution in [0.15, 0.2) is 42.5 Å². The molecule has 0 saturated carbocycles. The predicted octanol–water partition coefficient (Wildman–Crippen LogP) is 2.41. The SMILES string of the molecule is COc1ccccc1NC(=O)COC(=O)c1ccc2c(c1)NC(=O)[C@H]1CCCN21. The van der Waals surface area contributed by atoms with E-state index in [-0.39, 0.29) is 17.5 Å². The Kier molecular flexibility index (Phi) is 5.07. The van der Waals surface area contributed by atoms with Gasteiger partial charge in [0, 0.05) is 6.54 Å². The van der Waals surface area contributed by atoms with Gasteiger partial charge in [0.2, 0.25) is 5.91 Å². The van der Waals surface area contributed by atoms with Crippen molar-refractivity contribution in [2.75, 3.05) is 35.8 Å². The van der Waals surface area contributed by atoms with Gasteiger partial charge in [-0.15, -0.1) is 0 Å². The van der Waals surface area contributed by atoms with Crippen LogP contribution in [0, 0.1) is 0 Å². The summed E-state index contributed by atoms with van der Waals surface area (Å²) in [6.07, 6.45) is 1.79. The third-order valence-corrected chi connectivity index (χ3v) is 5.07. The van der Waals surface area contributed by atoms with E-state index in [1.807, 2.05) is 0 Å². The van der Waals surface area contributed by atoms with Crippen molar-refractivity contribution in [2.24, 2.45) is 0 Å². The first-order chi connectivity index (χ1) is 14.1. The van der Waals surface area contributed by atoms with Gasteiger partial charge >= 0.3 is 5.97 Å².